The molecule has 0 unspecified atom stereocenters. The van der Waals surface area contributed by atoms with Crippen LogP contribution in [0, 0.1) is 11.3 Å². The number of nitriles is 1. The zero-order valence-corrected chi connectivity index (χ0v) is 6.53. The van der Waals surface area contributed by atoms with E-state index in [9.17, 15) is 4.79 Å². The molecular weight excluding hydrogens is 154 g/mol. The number of amides is 1. The van der Waals surface area contributed by atoms with Crippen LogP contribution in [-0.4, -0.2) is 11.7 Å². The van der Waals surface area contributed by atoms with Crippen LogP contribution in [0.3, 0.4) is 0 Å². The quantitative estimate of drug-likeness (QED) is 0.554. The van der Waals surface area contributed by atoms with Crippen molar-refractivity contribution in [2.75, 3.05) is 0 Å². The molecule has 60 valence electrons. The number of nitrogens with zero attached hydrogens (tertiary/aromatic N) is 2. The number of amidine groups is 1. The summed E-state index contributed by atoms with van der Waals surface area (Å²) < 4.78 is 0. The predicted molar refractivity (Wildman–Crippen MR) is 44.1 cm³/mol. The first-order chi connectivity index (χ1) is 5.69. The van der Waals surface area contributed by atoms with Crippen LogP contribution in [-0.2, 0) is 4.79 Å². The predicted octanol–water partition coefficient (Wildman–Crippen LogP) is 0.280. The summed E-state index contributed by atoms with van der Waals surface area (Å²) in [5, 5.41) is 8.48. The molecule has 1 amide bonds. The van der Waals surface area contributed by atoms with Crippen molar-refractivity contribution in [3.8, 4) is 6.07 Å². The summed E-state index contributed by atoms with van der Waals surface area (Å²) >= 11 is 0. The van der Waals surface area contributed by atoms with Crippen molar-refractivity contribution < 1.29 is 4.79 Å². The number of hydrogen-bond donors (Lipinski definition) is 1. The summed E-state index contributed by atoms with van der Waals surface area (Å²) in [6.07, 6.45) is 3.13. The molecule has 0 aromatic carbocycles. The van der Waals surface area contributed by atoms with Gasteiger partial charge >= 0.3 is 0 Å². The van der Waals surface area contributed by atoms with E-state index in [2.05, 4.69) is 4.99 Å². The van der Waals surface area contributed by atoms with E-state index in [4.69, 9.17) is 11.0 Å². The Hall–Kier alpha value is -1.89. The first-order valence-corrected chi connectivity index (χ1v) is 3.36. The zero-order valence-electron chi connectivity index (χ0n) is 6.53. The third kappa shape index (κ3) is 1.25. The number of nitrogens with two attached hydrogens (primary N) is 1. The number of carbonyl (C=O) groups is 1. The fraction of sp³-hybridized carbons (Fsp3) is 0.125. The van der Waals surface area contributed by atoms with Crippen LogP contribution in [0.1, 0.15) is 6.92 Å². The highest BCUT2D eigenvalue weighted by Gasteiger charge is 2.15. The van der Waals surface area contributed by atoms with E-state index in [1.807, 2.05) is 0 Å². The molecule has 0 saturated carbocycles. The molecule has 0 fully saturated rings. The summed E-state index contributed by atoms with van der Waals surface area (Å²) in [7, 11) is 0. The number of carbonyl (C=O) groups excluding carboxylic acids is 1. The molecule has 0 saturated heterocycles. The van der Waals surface area contributed by atoms with Crippen molar-refractivity contribution in [3.05, 3.63) is 23.3 Å². The molecule has 0 aliphatic carbocycles. The summed E-state index contributed by atoms with van der Waals surface area (Å²) in [5.41, 5.74) is 6.05. The van der Waals surface area contributed by atoms with Gasteiger partial charge in [0.05, 0.1) is 0 Å². The van der Waals surface area contributed by atoms with Gasteiger partial charge in [-0.3, -0.25) is 4.79 Å². The number of rotatable bonds is 0. The Morgan fingerprint density at radius 1 is 1.75 bits per heavy atom. The van der Waals surface area contributed by atoms with Gasteiger partial charge in [0.25, 0.3) is 5.91 Å². The number of hydrogen-bond acceptors (Lipinski definition) is 3. The van der Waals surface area contributed by atoms with E-state index >= 15 is 0 Å². The normalized spacial score (nSPS) is 20.0. The van der Waals surface area contributed by atoms with Gasteiger partial charge < -0.3 is 5.73 Å². The van der Waals surface area contributed by atoms with Gasteiger partial charge in [-0.25, -0.2) is 0 Å². The van der Waals surface area contributed by atoms with Gasteiger partial charge in [0, 0.05) is 5.57 Å². The number of allylic oxidation sites excluding steroid dienone is 1. The monoisotopic (exact) mass is 161 g/mol. The van der Waals surface area contributed by atoms with Gasteiger partial charge in [-0.2, -0.15) is 10.3 Å². The van der Waals surface area contributed by atoms with Crippen molar-refractivity contribution in [2.45, 2.75) is 6.92 Å². The smallest absolute Gasteiger partial charge is 0.289 e. The average molecular weight is 161 g/mol. The van der Waals surface area contributed by atoms with E-state index in [1.165, 1.54) is 6.08 Å². The summed E-state index contributed by atoms with van der Waals surface area (Å²) in [5.74, 6) is -0.401. The van der Waals surface area contributed by atoms with Crippen molar-refractivity contribution in [1.29, 1.82) is 5.26 Å². The third-order valence-corrected chi connectivity index (χ3v) is 1.48. The second-order valence-corrected chi connectivity index (χ2v) is 2.22. The maximum atomic E-state index is 10.9. The van der Waals surface area contributed by atoms with Crippen LogP contribution < -0.4 is 5.73 Å². The van der Waals surface area contributed by atoms with Crippen LogP contribution in [0.15, 0.2) is 28.3 Å². The summed E-state index contributed by atoms with van der Waals surface area (Å²) in [4.78, 5) is 14.4. The molecule has 2 N–H and O–H groups in total. The Balaban J connectivity index is 3.15. The Bertz CT molecular complexity index is 355. The molecule has 1 rings (SSSR count). The van der Waals surface area contributed by atoms with Crippen LogP contribution in [0.5, 0.6) is 0 Å². The van der Waals surface area contributed by atoms with Crippen molar-refractivity contribution in [3.63, 3.8) is 0 Å². The lowest BCUT2D eigenvalue weighted by molar-refractivity contribution is -0.114. The number of aliphatic imine (C=N–C) groups is 1. The van der Waals surface area contributed by atoms with Gasteiger partial charge in [-0.05, 0) is 13.0 Å². The van der Waals surface area contributed by atoms with E-state index in [0.29, 0.717) is 5.57 Å². The summed E-state index contributed by atoms with van der Waals surface area (Å²) in [6.45, 7) is 1.76. The molecule has 4 heteroatoms. The minimum atomic E-state index is -0.569. The van der Waals surface area contributed by atoms with E-state index in [-0.39, 0.29) is 11.4 Å². The van der Waals surface area contributed by atoms with Gasteiger partial charge in [0.1, 0.15) is 17.5 Å². The van der Waals surface area contributed by atoms with Gasteiger partial charge in [-0.1, -0.05) is 6.08 Å². The molecule has 1 aliphatic rings. The fourth-order valence-corrected chi connectivity index (χ4v) is 0.837. The molecule has 4 nitrogen and oxygen atoms in total. The fourth-order valence-electron chi connectivity index (χ4n) is 0.837. The summed E-state index contributed by atoms with van der Waals surface area (Å²) in [6, 6.07) is 1.75. The second-order valence-electron chi connectivity index (χ2n) is 2.22. The lowest BCUT2D eigenvalue weighted by Crippen LogP contribution is -2.20. The maximum Gasteiger partial charge on any atom is 0.289 e. The van der Waals surface area contributed by atoms with Gasteiger partial charge in [0.15, 0.2) is 0 Å². The Kier molecular flexibility index (Phi) is 2.06. The standard InChI is InChI=1S/C8H7N3O/c1-2-5-3-6(4-9)8(12)11-7(5)10/h2-3H,1H3,(H2,10,11,12)/b5-2-. The highest BCUT2D eigenvalue weighted by atomic mass is 16.1. The Morgan fingerprint density at radius 2 is 2.42 bits per heavy atom. The van der Waals surface area contributed by atoms with E-state index in [1.54, 1.807) is 19.1 Å². The largest absolute Gasteiger partial charge is 0.383 e. The van der Waals surface area contributed by atoms with Gasteiger partial charge in [-0.15, -0.1) is 0 Å². The van der Waals surface area contributed by atoms with E-state index < -0.39 is 5.91 Å². The van der Waals surface area contributed by atoms with Gasteiger partial charge in [0.2, 0.25) is 0 Å². The van der Waals surface area contributed by atoms with Crippen LogP contribution >= 0.6 is 0 Å². The maximum absolute atomic E-state index is 10.9. The molecule has 0 radical (unpaired) electrons. The van der Waals surface area contributed by atoms with Crippen molar-refractivity contribution >= 4 is 11.7 Å². The zero-order chi connectivity index (χ0) is 9.14. The topological polar surface area (TPSA) is 79.2 Å². The number of dihydropyridines is 1. The molecular formula is C8H7N3O. The highest BCUT2D eigenvalue weighted by molar-refractivity contribution is 6.15. The van der Waals surface area contributed by atoms with Crippen LogP contribution in [0.2, 0.25) is 0 Å². The van der Waals surface area contributed by atoms with Crippen LogP contribution in [0.25, 0.3) is 0 Å². The van der Waals surface area contributed by atoms with Crippen molar-refractivity contribution in [2.24, 2.45) is 10.7 Å². The molecule has 0 aromatic rings. The SMILES string of the molecule is C/C=C1/C=C(C#N)C(=O)N=C1N. The molecule has 1 aliphatic heterocycles. The lowest BCUT2D eigenvalue weighted by atomic mass is 10.1. The van der Waals surface area contributed by atoms with Crippen molar-refractivity contribution in [1.82, 2.24) is 0 Å². The third-order valence-electron chi connectivity index (χ3n) is 1.48. The first-order valence-electron chi connectivity index (χ1n) is 3.36. The molecule has 0 bridgehead atoms. The second kappa shape index (κ2) is 3.01. The highest BCUT2D eigenvalue weighted by Crippen LogP contribution is 2.10. The minimum absolute atomic E-state index is 0.0253. The molecule has 0 spiro atoms. The molecule has 0 atom stereocenters. The van der Waals surface area contributed by atoms with E-state index in [0.717, 1.165) is 0 Å². The molecule has 1 heterocycles. The Morgan fingerprint density at radius 3 is 2.92 bits per heavy atom. The first kappa shape index (κ1) is 8.21. The average Bonchev–Trinajstić information content (AvgIpc) is 2.05. The van der Waals surface area contributed by atoms with Crippen LogP contribution in [0.4, 0.5) is 0 Å². The lowest BCUT2D eigenvalue weighted by Gasteiger charge is -2.05. The molecule has 12 heavy (non-hydrogen) atoms. The minimum Gasteiger partial charge on any atom is -0.383 e. The molecule has 0 aromatic heterocycles. The Labute approximate surface area is 69.7 Å².